The van der Waals surface area contributed by atoms with Crippen LogP contribution in [-0.2, 0) is 0 Å². The molecule has 2 amide bonds. The van der Waals surface area contributed by atoms with Gasteiger partial charge < -0.3 is 20.4 Å². The molecule has 3 atom stereocenters. The van der Waals surface area contributed by atoms with E-state index in [1.54, 1.807) is 10.6 Å². The highest BCUT2D eigenvalue weighted by Gasteiger charge is 2.40. The van der Waals surface area contributed by atoms with Crippen molar-refractivity contribution in [2.24, 2.45) is 16.7 Å². The minimum Gasteiger partial charge on any atom is -0.350 e. The summed E-state index contributed by atoms with van der Waals surface area (Å²) in [4.78, 5) is 36.2. The van der Waals surface area contributed by atoms with Crippen molar-refractivity contribution in [2.75, 3.05) is 46.8 Å². The average molecular weight is 521 g/mol. The lowest BCUT2D eigenvalue weighted by atomic mass is 9.65. The van der Waals surface area contributed by atoms with Crippen LogP contribution in [0.25, 0.3) is 5.65 Å². The second-order valence-electron chi connectivity index (χ2n) is 12.7. The molecule has 2 bridgehead atoms. The normalized spacial score (nSPS) is 26.4. The minimum absolute atomic E-state index is 0.0454. The summed E-state index contributed by atoms with van der Waals surface area (Å²) in [5.74, 6) is 0.477. The molecule has 2 fully saturated rings. The van der Waals surface area contributed by atoms with Crippen molar-refractivity contribution in [3.63, 3.8) is 0 Å². The lowest BCUT2D eigenvalue weighted by Gasteiger charge is -2.45. The largest absolute Gasteiger partial charge is 0.350 e. The Morgan fingerprint density at radius 1 is 1.21 bits per heavy atom. The second kappa shape index (κ2) is 10.8. The summed E-state index contributed by atoms with van der Waals surface area (Å²) >= 11 is 0. The number of aromatic nitrogens is 2. The number of likely N-dealkylation sites (N-methyl/N-ethyl adjacent to an activating group) is 1. The minimum atomic E-state index is -0.109. The van der Waals surface area contributed by atoms with Crippen LogP contribution in [-0.4, -0.2) is 83.9 Å². The molecular weight excluding hydrogens is 476 g/mol. The quantitative estimate of drug-likeness (QED) is 0.520. The molecule has 3 unspecified atom stereocenters. The number of imidazole rings is 1. The number of amides is 2. The number of nitrogens with one attached hydrogen (secondary N) is 2. The van der Waals surface area contributed by atoms with Crippen molar-refractivity contribution in [3.05, 3.63) is 47.9 Å². The van der Waals surface area contributed by atoms with Crippen LogP contribution in [0.15, 0.2) is 36.5 Å². The summed E-state index contributed by atoms with van der Waals surface area (Å²) in [5, 5.41) is 6.71. The number of hydrogen-bond acceptors (Lipinski definition) is 5. The van der Waals surface area contributed by atoms with Crippen LogP contribution in [0.4, 0.5) is 0 Å². The molecule has 8 nitrogen and oxygen atoms in total. The molecule has 0 aromatic carbocycles. The van der Waals surface area contributed by atoms with Gasteiger partial charge in [-0.15, -0.1) is 0 Å². The number of carbonyl (C=O) groups excluding carboxylic acids is 2. The molecule has 38 heavy (non-hydrogen) atoms. The van der Waals surface area contributed by atoms with Crippen molar-refractivity contribution in [2.45, 2.75) is 58.4 Å². The zero-order valence-corrected chi connectivity index (χ0v) is 23.5. The molecular formula is C30H44N6O2. The number of pyridine rings is 1. The first-order chi connectivity index (χ1) is 18.2. The zero-order valence-electron chi connectivity index (χ0n) is 23.5. The Hall–Kier alpha value is -2.71. The van der Waals surface area contributed by atoms with E-state index in [9.17, 15) is 9.59 Å². The van der Waals surface area contributed by atoms with Gasteiger partial charge >= 0.3 is 0 Å². The zero-order chi connectivity index (χ0) is 26.9. The summed E-state index contributed by atoms with van der Waals surface area (Å²) in [5.41, 5.74) is 1.66. The second-order valence-corrected chi connectivity index (χ2v) is 12.7. The predicted octanol–water partition coefficient (Wildman–Crippen LogP) is 3.59. The molecule has 3 heterocycles. The highest BCUT2D eigenvalue weighted by molar-refractivity contribution is 5.95. The number of nitrogens with zero attached hydrogens (tertiary/aromatic N) is 4. The third-order valence-corrected chi connectivity index (χ3v) is 9.01. The number of hydrogen-bond donors (Lipinski definition) is 2. The smallest absolute Gasteiger partial charge is 0.274 e. The first-order valence-electron chi connectivity index (χ1n) is 14.3. The fourth-order valence-electron chi connectivity index (χ4n) is 6.84. The molecule has 2 aromatic rings. The van der Waals surface area contributed by atoms with Crippen LogP contribution in [0.3, 0.4) is 0 Å². The summed E-state index contributed by atoms with van der Waals surface area (Å²) in [7, 11) is 4.06. The lowest BCUT2D eigenvalue weighted by molar-refractivity contribution is 0.0363. The van der Waals surface area contributed by atoms with Crippen LogP contribution in [0.2, 0.25) is 0 Å². The van der Waals surface area contributed by atoms with Gasteiger partial charge in [0.1, 0.15) is 17.0 Å². The summed E-state index contributed by atoms with van der Waals surface area (Å²) < 4.78 is 1.78. The van der Waals surface area contributed by atoms with Crippen LogP contribution in [0.5, 0.6) is 0 Å². The standard InChI is InChI=1S/C30H44N6O2/c1-29(2)20-31-15-12-25(29)35(17-16-34(3)4)28(38)23-19-36-24(10-5-11-26(36)33-23)27(37)32-21-30-13-6-8-22(18-30)9-7-14-30/h5-6,8,10-11,19,22,25,31H,7,9,12-18,20-21H2,1-4H3,(H,32,37). The fourth-order valence-corrected chi connectivity index (χ4v) is 6.84. The Morgan fingerprint density at radius 2 is 2.05 bits per heavy atom. The molecule has 1 saturated heterocycles. The van der Waals surface area contributed by atoms with Gasteiger partial charge in [0.25, 0.3) is 11.8 Å². The molecule has 1 aliphatic heterocycles. The highest BCUT2D eigenvalue weighted by atomic mass is 16.2. The SMILES string of the molecule is CN(C)CCN(C(=O)c1cn2c(C(=O)NCC34CC=CC(CCC3)C4)cccc2n1)C1CCNCC1(C)C. The van der Waals surface area contributed by atoms with E-state index >= 15 is 0 Å². The molecule has 2 aliphatic carbocycles. The van der Waals surface area contributed by atoms with Crippen LogP contribution < -0.4 is 10.6 Å². The monoisotopic (exact) mass is 520 g/mol. The molecule has 2 N–H and O–H groups in total. The number of rotatable bonds is 8. The Labute approximate surface area is 226 Å². The van der Waals surface area contributed by atoms with Crippen molar-refractivity contribution in [1.29, 1.82) is 0 Å². The van der Waals surface area contributed by atoms with Crippen LogP contribution >= 0.6 is 0 Å². The molecule has 0 spiro atoms. The van der Waals surface area contributed by atoms with Crippen molar-refractivity contribution in [1.82, 2.24) is 29.8 Å². The molecule has 8 heteroatoms. The van der Waals surface area contributed by atoms with Crippen molar-refractivity contribution in [3.8, 4) is 0 Å². The molecule has 2 aromatic heterocycles. The summed E-state index contributed by atoms with van der Waals surface area (Å²) in [6.45, 7) is 8.32. The molecule has 206 valence electrons. The third kappa shape index (κ3) is 5.52. The number of allylic oxidation sites excluding steroid dienone is 2. The maximum atomic E-state index is 13.9. The third-order valence-electron chi connectivity index (χ3n) is 9.01. The summed E-state index contributed by atoms with van der Waals surface area (Å²) in [6.07, 6.45) is 13.2. The Kier molecular flexibility index (Phi) is 7.65. The van der Waals surface area contributed by atoms with Gasteiger partial charge in [0.05, 0.1) is 0 Å². The van der Waals surface area contributed by atoms with E-state index in [0.717, 1.165) is 45.3 Å². The van der Waals surface area contributed by atoms with Gasteiger partial charge in [0, 0.05) is 38.4 Å². The van der Waals surface area contributed by atoms with Gasteiger partial charge in [-0.25, -0.2) is 4.98 Å². The molecule has 0 radical (unpaired) electrons. The maximum Gasteiger partial charge on any atom is 0.274 e. The Bertz CT molecular complexity index is 1200. The van der Waals surface area contributed by atoms with Gasteiger partial charge in [-0.05, 0) is 81.6 Å². The number of fused-ring (bicyclic) bond motifs is 3. The molecule has 3 aliphatic rings. The van der Waals surface area contributed by atoms with Gasteiger partial charge in [-0.2, -0.15) is 0 Å². The highest BCUT2D eigenvalue weighted by Crippen LogP contribution is 2.45. The van der Waals surface area contributed by atoms with E-state index in [4.69, 9.17) is 4.98 Å². The van der Waals surface area contributed by atoms with E-state index in [1.807, 2.05) is 37.2 Å². The van der Waals surface area contributed by atoms with E-state index < -0.39 is 0 Å². The van der Waals surface area contributed by atoms with E-state index in [0.29, 0.717) is 36.0 Å². The number of carbonyl (C=O) groups is 2. The Balaban J connectivity index is 1.37. The van der Waals surface area contributed by atoms with E-state index in [2.05, 4.69) is 41.5 Å². The molecule has 5 rings (SSSR count). The van der Waals surface area contributed by atoms with Crippen LogP contribution in [0.1, 0.15) is 73.3 Å². The maximum absolute atomic E-state index is 13.9. The number of piperidine rings is 1. The van der Waals surface area contributed by atoms with Gasteiger partial charge in [0.2, 0.25) is 0 Å². The Morgan fingerprint density at radius 3 is 2.84 bits per heavy atom. The van der Waals surface area contributed by atoms with Crippen LogP contribution in [0, 0.1) is 16.7 Å². The van der Waals surface area contributed by atoms with E-state index in [1.165, 1.54) is 12.8 Å². The average Bonchev–Trinajstić information content (AvgIpc) is 3.32. The topological polar surface area (TPSA) is 82.0 Å². The van der Waals surface area contributed by atoms with Gasteiger partial charge in [0.15, 0.2) is 0 Å². The van der Waals surface area contributed by atoms with E-state index in [-0.39, 0.29) is 28.7 Å². The van der Waals surface area contributed by atoms with Gasteiger partial charge in [-0.3, -0.25) is 14.0 Å². The summed E-state index contributed by atoms with van der Waals surface area (Å²) in [6, 6.07) is 5.65. The van der Waals surface area contributed by atoms with Crippen molar-refractivity contribution >= 4 is 17.5 Å². The molecule has 1 saturated carbocycles. The first kappa shape index (κ1) is 26.9. The first-order valence-corrected chi connectivity index (χ1v) is 14.3. The fraction of sp³-hybridized carbons (Fsp3) is 0.633. The van der Waals surface area contributed by atoms with Gasteiger partial charge in [-0.1, -0.05) is 38.5 Å². The lowest BCUT2D eigenvalue weighted by Crippen LogP contribution is -2.57. The predicted molar refractivity (Wildman–Crippen MR) is 150 cm³/mol. The van der Waals surface area contributed by atoms with Crippen molar-refractivity contribution < 1.29 is 9.59 Å².